The average Bonchev–Trinajstić information content (AvgIpc) is 2.53. The van der Waals surface area contributed by atoms with E-state index in [0.29, 0.717) is 6.61 Å². The predicted octanol–water partition coefficient (Wildman–Crippen LogP) is 4.12. The number of hydrogen-bond donors (Lipinski definition) is 2. The summed E-state index contributed by atoms with van der Waals surface area (Å²) in [6, 6.07) is 21.7. The lowest BCUT2D eigenvalue weighted by Crippen LogP contribution is -2.10. The van der Waals surface area contributed by atoms with Gasteiger partial charge in [-0.15, -0.1) is 12.4 Å². The summed E-state index contributed by atoms with van der Waals surface area (Å²) in [4.78, 5) is 0. The highest BCUT2D eigenvalue weighted by atomic mass is 35.5. The van der Waals surface area contributed by atoms with Crippen molar-refractivity contribution in [2.45, 2.75) is 6.61 Å². The van der Waals surface area contributed by atoms with Gasteiger partial charge in [0.15, 0.2) is 0 Å². The number of nitrogens with one attached hydrogen (secondary N) is 1. The molecule has 112 valence electrons. The molecule has 0 atom stereocenters. The molecule has 3 aromatic rings. The van der Waals surface area contributed by atoms with Crippen LogP contribution in [0.4, 0.5) is 0 Å². The molecule has 0 aliphatic rings. The predicted molar refractivity (Wildman–Crippen MR) is 93.0 cm³/mol. The van der Waals surface area contributed by atoms with Gasteiger partial charge in [0, 0.05) is 5.56 Å². The van der Waals surface area contributed by atoms with E-state index in [1.807, 2.05) is 66.7 Å². The molecule has 0 saturated carbocycles. The summed E-state index contributed by atoms with van der Waals surface area (Å²) in [6.45, 7) is 0.553. The summed E-state index contributed by atoms with van der Waals surface area (Å²) in [5, 5.41) is 9.59. The maximum atomic E-state index is 7.47. The van der Waals surface area contributed by atoms with Crippen molar-refractivity contribution in [2.24, 2.45) is 5.73 Å². The van der Waals surface area contributed by atoms with E-state index in [9.17, 15) is 0 Å². The maximum absolute atomic E-state index is 7.47. The van der Waals surface area contributed by atoms with Gasteiger partial charge in [-0.05, 0) is 34.5 Å². The molecular formula is C18H17ClN2O. The lowest BCUT2D eigenvalue weighted by molar-refractivity contribution is 0.306. The SMILES string of the molecule is Cl.N=C(N)c1ccc2cc(OCc3ccccc3)ccc2c1. The Kier molecular flexibility index (Phi) is 5.02. The first-order chi connectivity index (χ1) is 10.2. The highest BCUT2D eigenvalue weighted by molar-refractivity contribution is 5.99. The summed E-state index contributed by atoms with van der Waals surface area (Å²) in [5.74, 6) is 0.920. The first-order valence-corrected chi connectivity index (χ1v) is 6.77. The van der Waals surface area contributed by atoms with Crippen LogP contribution < -0.4 is 10.5 Å². The van der Waals surface area contributed by atoms with Crippen LogP contribution >= 0.6 is 12.4 Å². The van der Waals surface area contributed by atoms with Crippen LogP contribution in [-0.4, -0.2) is 5.84 Å². The Balaban J connectivity index is 0.00000176. The number of ether oxygens (including phenoxy) is 1. The Hall–Kier alpha value is -2.52. The largest absolute Gasteiger partial charge is 0.489 e. The number of halogens is 1. The number of rotatable bonds is 4. The summed E-state index contributed by atoms with van der Waals surface area (Å²) < 4.78 is 5.81. The monoisotopic (exact) mass is 312 g/mol. The Labute approximate surface area is 135 Å². The van der Waals surface area contributed by atoms with Gasteiger partial charge >= 0.3 is 0 Å². The topological polar surface area (TPSA) is 59.1 Å². The van der Waals surface area contributed by atoms with Gasteiger partial charge in [-0.3, -0.25) is 5.41 Å². The molecule has 0 fully saturated rings. The van der Waals surface area contributed by atoms with E-state index < -0.39 is 0 Å². The third kappa shape index (κ3) is 3.57. The first kappa shape index (κ1) is 15.9. The van der Waals surface area contributed by atoms with Crippen LogP contribution in [0.2, 0.25) is 0 Å². The molecule has 0 spiro atoms. The normalized spacial score (nSPS) is 10.0. The number of benzene rings is 3. The van der Waals surface area contributed by atoms with Crippen LogP contribution in [-0.2, 0) is 6.61 Å². The first-order valence-electron chi connectivity index (χ1n) is 6.77. The zero-order valence-corrected chi connectivity index (χ0v) is 12.8. The fourth-order valence-electron chi connectivity index (χ4n) is 2.22. The molecule has 0 unspecified atom stereocenters. The summed E-state index contributed by atoms with van der Waals surface area (Å²) in [7, 11) is 0. The molecule has 22 heavy (non-hydrogen) atoms. The van der Waals surface area contributed by atoms with E-state index in [0.717, 1.165) is 27.6 Å². The van der Waals surface area contributed by atoms with Gasteiger partial charge in [0.1, 0.15) is 18.2 Å². The molecule has 3 rings (SSSR count). The highest BCUT2D eigenvalue weighted by Gasteiger charge is 2.01. The molecule has 0 radical (unpaired) electrons. The second-order valence-corrected chi connectivity index (χ2v) is 4.91. The summed E-state index contributed by atoms with van der Waals surface area (Å²) in [5.41, 5.74) is 7.38. The van der Waals surface area contributed by atoms with Crippen molar-refractivity contribution in [3.05, 3.63) is 77.9 Å². The number of nitrogen functional groups attached to an aromatic ring is 1. The lowest BCUT2D eigenvalue weighted by atomic mass is 10.1. The van der Waals surface area contributed by atoms with Gasteiger partial charge in [-0.2, -0.15) is 0 Å². The minimum Gasteiger partial charge on any atom is -0.489 e. The highest BCUT2D eigenvalue weighted by Crippen LogP contribution is 2.22. The van der Waals surface area contributed by atoms with Crippen molar-refractivity contribution in [3.8, 4) is 5.75 Å². The molecule has 0 heterocycles. The second kappa shape index (κ2) is 6.96. The van der Waals surface area contributed by atoms with Crippen LogP contribution in [0.1, 0.15) is 11.1 Å². The Morgan fingerprint density at radius 3 is 2.32 bits per heavy atom. The smallest absolute Gasteiger partial charge is 0.122 e. The van der Waals surface area contributed by atoms with Gasteiger partial charge in [-0.25, -0.2) is 0 Å². The van der Waals surface area contributed by atoms with Crippen LogP contribution in [0.5, 0.6) is 5.75 Å². The molecule has 3 nitrogen and oxygen atoms in total. The molecule has 0 aromatic heterocycles. The van der Waals surface area contributed by atoms with Crippen LogP contribution in [0.15, 0.2) is 66.7 Å². The van der Waals surface area contributed by atoms with E-state index in [4.69, 9.17) is 15.9 Å². The fraction of sp³-hybridized carbons (Fsp3) is 0.0556. The minimum atomic E-state index is 0. The lowest BCUT2D eigenvalue weighted by Gasteiger charge is -2.08. The maximum Gasteiger partial charge on any atom is 0.122 e. The van der Waals surface area contributed by atoms with Gasteiger partial charge in [0.25, 0.3) is 0 Å². The van der Waals surface area contributed by atoms with Crippen molar-refractivity contribution in [1.82, 2.24) is 0 Å². The Bertz CT molecular complexity index is 787. The molecule has 3 aromatic carbocycles. The second-order valence-electron chi connectivity index (χ2n) is 4.91. The zero-order chi connectivity index (χ0) is 14.7. The number of nitrogens with two attached hydrogens (primary N) is 1. The zero-order valence-electron chi connectivity index (χ0n) is 12.0. The van der Waals surface area contributed by atoms with Gasteiger partial charge in [0.2, 0.25) is 0 Å². The van der Waals surface area contributed by atoms with E-state index in [1.165, 1.54) is 0 Å². The van der Waals surface area contributed by atoms with Crippen molar-refractivity contribution in [1.29, 1.82) is 5.41 Å². The van der Waals surface area contributed by atoms with Gasteiger partial charge < -0.3 is 10.5 Å². The number of amidine groups is 1. The van der Waals surface area contributed by atoms with Gasteiger partial charge in [-0.1, -0.05) is 48.5 Å². The molecule has 0 aliphatic heterocycles. The molecule has 0 bridgehead atoms. The Morgan fingerprint density at radius 1 is 0.909 bits per heavy atom. The molecule has 0 saturated heterocycles. The molecule has 4 heteroatoms. The van der Waals surface area contributed by atoms with E-state index in [1.54, 1.807) is 0 Å². The fourth-order valence-corrected chi connectivity index (χ4v) is 2.22. The molecule has 3 N–H and O–H groups in total. The van der Waals surface area contributed by atoms with Crippen molar-refractivity contribution in [3.63, 3.8) is 0 Å². The number of hydrogen-bond acceptors (Lipinski definition) is 2. The molecule has 0 aliphatic carbocycles. The molecular weight excluding hydrogens is 296 g/mol. The van der Waals surface area contributed by atoms with E-state index >= 15 is 0 Å². The van der Waals surface area contributed by atoms with Crippen LogP contribution in [0.25, 0.3) is 10.8 Å². The van der Waals surface area contributed by atoms with Crippen molar-refractivity contribution in [2.75, 3.05) is 0 Å². The van der Waals surface area contributed by atoms with Crippen LogP contribution in [0.3, 0.4) is 0 Å². The standard InChI is InChI=1S/C18H16N2O.ClH/c19-18(20)16-7-6-15-11-17(9-8-14(15)10-16)21-12-13-4-2-1-3-5-13;/h1-11H,12H2,(H3,19,20);1H. The average molecular weight is 313 g/mol. The third-order valence-corrected chi connectivity index (χ3v) is 3.37. The van der Waals surface area contributed by atoms with Crippen molar-refractivity contribution >= 4 is 29.0 Å². The Morgan fingerprint density at radius 2 is 1.59 bits per heavy atom. The van der Waals surface area contributed by atoms with Crippen LogP contribution in [0, 0.1) is 5.41 Å². The van der Waals surface area contributed by atoms with Crippen molar-refractivity contribution < 1.29 is 4.74 Å². The van der Waals surface area contributed by atoms with E-state index in [2.05, 4.69) is 0 Å². The van der Waals surface area contributed by atoms with Gasteiger partial charge in [0.05, 0.1) is 0 Å². The quantitative estimate of drug-likeness (QED) is 0.562. The molecule has 0 amide bonds. The minimum absolute atomic E-state index is 0. The van der Waals surface area contributed by atoms with E-state index in [-0.39, 0.29) is 18.2 Å². The summed E-state index contributed by atoms with van der Waals surface area (Å²) >= 11 is 0. The third-order valence-electron chi connectivity index (χ3n) is 3.37. The summed E-state index contributed by atoms with van der Waals surface area (Å²) in [6.07, 6.45) is 0. The number of fused-ring (bicyclic) bond motifs is 1.